The van der Waals surface area contributed by atoms with Gasteiger partial charge in [-0.25, -0.2) is 9.50 Å². The normalized spacial score (nSPS) is 25.8. The lowest BCUT2D eigenvalue weighted by Crippen LogP contribution is -2.44. The number of hydrogen-bond donors (Lipinski definition) is 1. The Hall–Kier alpha value is -4.20. The van der Waals surface area contributed by atoms with Crippen LogP contribution >= 0.6 is 0 Å². The molecule has 7 nitrogen and oxygen atoms in total. The summed E-state index contributed by atoms with van der Waals surface area (Å²) in [6, 6.07) is 8.81. The summed E-state index contributed by atoms with van der Waals surface area (Å²) >= 11 is 0. The molecular weight excluding hydrogens is 505 g/mol. The van der Waals surface area contributed by atoms with Crippen LogP contribution in [0.4, 0.5) is 18.9 Å². The zero-order valence-electron chi connectivity index (χ0n) is 33.8. The van der Waals surface area contributed by atoms with Crippen LogP contribution < -0.4 is 5.32 Å². The molecule has 1 saturated heterocycles. The number of hydrogen-bond acceptors (Lipinski definition) is 5. The Morgan fingerprint density at radius 2 is 1.97 bits per heavy atom. The first kappa shape index (κ1) is 14.3. The minimum Gasteiger partial charge on any atom is -0.322 e. The van der Waals surface area contributed by atoms with E-state index < -0.39 is 80.2 Å². The Bertz CT molecular complexity index is 2110. The maximum Gasteiger partial charge on any atom is 0.416 e. The van der Waals surface area contributed by atoms with Crippen molar-refractivity contribution in [3.8, 4) is 11.8 Å². The second-order valence-electron chi connectivity index (χ2n) is 8.14. The van der Waals surface area contributed by atoms with Crippen LogP contribution in [0.3, 0.4) is 0 Å². The van der Waals surface area contributed by atoms with Crippen LogP contribution in [0.5, 0.6) is 0 Å². The number of piperazine rings is 1. The van der Waals surface area contributed by atoms with E-state index in [2.05, 4.69) is 27.2 Å². The van der Waals surface area contributed by atoms with Crippen molar-refractivity contribution in [1.29, 1.82) is 0 Å². The molecule has 0 bridgehead atoms. The zero-order valence-corrected chi connectivity index (χ0v) is 19.8. The van der Waals surface area contributed by atoms with Crippen molar-refractivity contribution in [2.45, 2.75) is 19.6 Å². The quantitative estimate of drug-likeness (QED) is 0.383. The van der Waals surface area contributed by atoms with Gasteiger partial charge in [-0.2, -0.15) is 18.3 Å². The summed E-state index contributed by atoms with van der Waals surface area (Å²) in [7, 11) is 0. The molecular formula is C29H27F3N6O. The molecule has 0 spiro atoms. The van der Waals surface area contributed by atoms with Crippen LogP contribution in [0, 0.1) is 18.7 Å². The summed E-state index contributed by atoms with van der Waals surface area (Å²) in [5.74, 6) is 4.46. The molecule has 3 heterocycles. The molecule has 1 fully saturated rings. The number of anilines is 1. The van der Waals surface area contributed by atoms with Gasteiger partial charge in [0.1, 0.15) is 5.69 Å². The van der Waals surface area contributed by atoms with Crippen LogP contribution in [0.25, 0.3) is 5.65 Å². The minimum atomic E-state index is -5.23. The fourth-order valence-corrected chi connectivity index (χ4v) is 3.62. The second-order valence-corrected chi connectivity index (χ2v) is 8.14. The number of aromatic nitrogens is 3. The third kappa shape index (κ3) is 6.11. The van der Waals surface area contributed by atoms with Gasteiger partial charge in [0.25, 0.3) is 5.91 Å². The highest BCUT2D eigenvalue weighted by Crippen LogP contribution is 2.34. The van der Waals surface area contributed by atoms with Crippen LogP contribution in [0.1, 0.15) is 57.5 Å². The Morgan fingerprint density at radius 1 is 1.13 bits per heavy atom. The van der Waals surface area contributed by atoms with Gasteiger partial charge in [0.05, 0.1) is 11.8 Å². The molecule has 1 amide bonds. The van der Waals surface area contributed by atoms with Crippen LogP contribution in [0.15, 0.2) is 60.9 Å². The lowest BCUT2D eigenvalue weighted by atomic mass is 10.0. The van der Waals surface area contributed by atoms with Gasteiger partial charge in [0.2, 0.25) is 0 Å². The number of likely N-dealkylation sites (N-methyl/N-ethyl adjacent to an activating group) is 1. The van der Waals surface area contributed by atoms with E-state index in [9.17, 15) is 18.0 Å². The van der Waals surface area contributed by atoms with Crippen molar-refractivity contribution in [2.75, 3.05) is 38.3 Å². The fraction of sp³-hybridized carbons (Fsp3) is 0.276. The molecule has 200 valence electrons. The standard InChI is InChI=1S/C29H27F3N6O/c1-20-5-6-22(16-21(20)8-10-25-18-33-27-4-3-11-34-38(25)27)28(39)35-24-9-7-23(26(17-24)29(30,31)32)19-37-14-12-36(2)13-15-37/h3-7,9,11,16-18H,12-15,19H2,1-2H3,(H,35,39)/i1D3,2D3,12D2,13D2,14D2,15D2. The average Bonchev–Trinajstić information content (AvgIpc) is 3.43. The Balaban J connectivity index is 1.49. The Morgan fingerprint density at radius 3 is 2.74 bits per heavy atom. The summed E-state index contributed by atoms with van der Waals surface area (Å²) < 4.78 is 157. The molecule has 0 unspecified atom stereocenters. The first-order valence-corrected chi connectivity index (χ1v) is 11.2. The van der Waals surface area contributed by atoms with Gasteiger partial charge >= 0.3 is 6.18 Å². The van der Waals surface area contributed by atoms with E-state index in [0.717, 1.165) is 30.3 Å². The van der Waals surface area contributed by atoms with E-state index in [1.807, 2.05) is 0 Å². The molecule has 39 heavy (non-hydrogen) atoms. The van der Waals surface area contributed by atoms with Crippen molar-refractivity contribution < 1.29 is 37.2 Å². The monoisotopic (exact) mass is 546 g/mol. The van der Waals surface area contributed by atoms with Gasteiger partial charge in [0, 0.05) is 74.7 Å². The molecule has 2 aromatic heterocycles. The number of aryl methyl sites for hydroxylation is 1. The van der Waals surface area contributed by atoms with Gasteiger partial charge in [-0.05, 0) is 67.3 Å². The Labute approximate surface area is 243 Å². The number of fused-ring (bicyclic) bond motifs is 1. The van der Waals surface area contributed by atoms with Gasteiger partial charge in [-0.15, -0.1) is 0 Å². The molecule has 0 radical (unpaired) electrons. The number of amides is 1. The zero-order chi connectivity index (χ0) is 39.7. The molecule has 0 aliphatic carbocycles. The second kappa shape index (κ2) is 10.9. The first-order chi connectivity index (χ1) is 24.1. The first-order valence-electron chi connectivity index (χ1n) is 18.2. The SMILES string of the molecule is [2H]C([2H])([2H])c1ccc(C(=O)Nc2ccc(CN3C([2H])([2H])C([2H])([2H])N(C([2H])([2H])[2H])C([2H])([2H])C3([2H])[2H])c(C(F)(F)F)c2)cc1C#Cc1cnc2cccnn12. The molecule has 1 N–H and O–H groups in total. The van der Waals surface area contributed by atoms with Crippen molar-refractivity contribution in [3.63, 3.8) is 0 Å². The predicted molar refractivity (Wildman–Crippen MR) is 142 cm³/mol. The number of carbonyl (C=O) groups is 1. The van der Waals surface area contributed by atoms with Gasteiger partial charge in [0.15, 0.2) is 5.65 Å². The molecule has 0 atom stereocenters. The highest BCUT2D eigenvalue weighted by Gasteiger charge is 2.34. The molecule has 2 aromatic carbocycles. The summed E-state index contributed by atoms with van der Waals surface area (Å²) in [6.07, 6.45) is -2.35. The van der Waals surface area contributed by atoms with E-state index >= 15 is 0 Å². The summed E-state index contributed by atoms with van der Waals surface area (Å²) in [6.45, 7) is -22.8. The van der Waals surface area contributed by atoms with Gasteiger partial charge < -0.3 is 10.2 Å². The molecule has 5 rings (SSSR count). The van der Waals surface area contributed by atoms with Gasteiger partial charge in [-0.1, -0.05) is 18.1 Å². The third-order valence-electron chi connectivity index (χ3n) is 5.48. The Kier molecular flexibility index (Phi) is 3.98. The maximum absolute atomic E-state index is 14.4. The summed E-state index contributed by atoms with van der Waals surface area (Å²) in [5.41, 5.74) is -2.63. The van der Waals surface area contributed by atoms with E-state index in [1.54, 1.807) is 12.1 Å². The highest BCUT2D eigenvalue weighted by molar-refractivity contribution is 6.04. The fourth-order valence-electron chi connectivity index (χ4n) is 3.62. The lowest BCUT2D eigenvalue weighted by molar-refractivity contribution is -0.138. The van der Waals surface area contributed by atoms with Crippen molar-refractivity contribution in [3.05, 3.63) is 94.4 Å². The highest BCUT2D eigenvalue weighted by atomic mass is 19.4. The molecule has 1 aliphatic rings. The molecule has 4 aromatic rings. The number of benzene rings is 2. The van der Waals surface area contributed by atoms with Crippen molar-refractivity contribution in [2.24, 2.45) is 0 Å². The minimum absolute atomic E-state index is 0.100. The number of nitrogens with zero attached hydrogens (tertiary/aromatic N) is 5. The van der Waals surface area contributed by atoms with Gasteiger partial charge in [-0.3, -0.25) is 9.69 Å². The summed E-state index contributed by atoms with van der Waals surface area (Å²) in [5, 5.41) is 6.38. The molecule has 1 aliphatic heterocycles. The van der Waals surface area contributed by atoms with Crippen LogP contribution in [-0.2, 0) is 12.7 Å². The van der Waals surface area contributed by atoms with E-state index in [0.29, 0.717) is 17.4 Å². The number of halogens is 3. The van der Waals surface area contributed by atoms with E-state index in [-0.39, 0.29) is 21.6 Å². The van der Waals surface area contributed by atoms with E-state index in [4.69, 9.17) is 19.2 Å². The van der Waals surface area contributed by atoms with E-state index in [1.165, 1.54) is 16.9 Å². The number of imidazole rings is 1. The number of rotatable bonds is 4. The smallest absolute Gasteiger partial charge is 0.322 e. The third-order valence-corrected chi connectivity index (χ3v) is 5.48. The number of alkyl halides is 3. The number of carbonyl (C=O) groups excluding carboxylic acids is 1. The van der Waals surface area contributed by atoms with Crippen molar-refractivity contribution in [1.82, 2.24) is 24.4 Å². The predicted octanol–water partition coefficient (Wildman–Crippen LogP) is 4.46. The molecule has 0 saturated carbocycles. The molecule has 10 heteroatoms. The van der Waals surface area contributed by atoms with Crippen molar-refractivity contribution >= 4 is 17.2 Å². The maximum atomic E-state index is 14.4. The van der Waals surface area contributed by atoms with Crippen LogP contribution in [-0.4, -0.2) is 63.3 Å². The number of nitrogens with one attached hydrogen (secondary N) is 1. The average molecular weight is 547 g/mol. The summed E-state index contributed by atoms with van der Waals surface area (Å²) in [4.78, 5) is 16.7. The van der Waals surface area contributed by atoms with Crippen LogP contribution in [0.2, 0.25) is 0 Å². The largest absolute Gasteiger partial charge is 0.416 e. The topological polar surface area (TPSA) is 65.8 Å². The lowest BCUT2D eigenvalue weighted by Gasteiger charge is -2.33.